The second-order valence-electron chi connectivity index (χ2n) is 2.85. The van der Waals surface area contributed by atoms with Crippen LogP contribution in [0.1, 0.15) is 0 Å². The molecule has 14 heavy (non-hydrogen) atoms. The molecule has 0 atom stereocenters. The molecule has 76 valence electrons. The van der Waals surface area contributed by atoms with Crippen LogP contribution in [0, 0.1) is 11.6 Å². The van der Waals surface area contributed by atoms with E-state index in [4.69, 9.17) is 5.11 Å². The third kappa shape index (κ3) is 2.42. The summed E-state index contributed by atoms with van der Waals surface area (Å²) in [5, 5.41) is 8.45. The smallest absolute Gasteiger partial charge is 0.323 e. The Morgan fingerprint density at radius 1 is 1.50 bits per heavy atom. The highest BCUT2D eigenvalue weighted by Gasteiger charge is 2.10. The molecule has 1 aromatic rings. The number of anilines is 1. The summed E-state index contributed by atoms with van der Waals surface area (Å²) in [4.78, 5) is 11.5. The number of likely N-dealkylation sites (N-methyl/N-ethyl adjacent to an activating group) is 1. The molecule has 0 saturated heterocycles. The Labute approximate surface area is 79.6 Å². The Morgan fingerprint density at radius 2 is 2.14 bits per heavy atom. The van der Waals surface area contributed by atoms with Crippen molar-refractivity contribution in [1.82, 2.24) is 0 Å². The second-order valence-corrected chi connectivity index (χ2v) is 2.85. The molecule has 0 unspecified atom stereocenters. The Bertz CT molecular complexity index is 355. The Hall–Kier alpha value is -1.65. The van der Waals surface area contributed by atoms with Gasteiger partial charge in [-0.3, -0.25) is 4.79 Å². The summed E-state index contributed by atoms with van der Waals surface area (Å²) >= 11 is 0. The minimum atomic E-state index is -1.07. The summed E-state index contributed by atoms with van der Waals surface area (Å²) in [5.41, 5.74) is 0.0637. The molecule has 0 aliphatic rings. The van der Waals surface area contributed by atoms with E-state index >= 15 is 0 Å². The lowest BCUT2D eigenvalue weighted by atomic mass is 10.2. The van der Waals surface area contributed by atoms with Crippen molar-refractivity contribution in [3.63, 3.8) is 0 Å². The molecule has 0 spiro atoms. The fourth-order valence-corrected chi connectivity index (χ4v) is 1.08. The lowest BCUT2D eigenvalue weighted by Gasteiger charge is -2.17. The van der Waals surface area contributed by atoms with Gasteiger partial charge in [-0.05, 0) is 12.1 Å². The fraction of sp³-hybridized carbons (Fsp3) is 0.222. The van der Waals surface area contributed by atoms with E-state index in [9.17, 15) is 13.6 Å². The van der Waals surface area contributed by atoms with Crippen LogP contribution in [0.15, 0.2) is 18.2 Å². The predicted octanol–water partition coefficient (Wildman–Crippen LogP) is 1.49. The molecule has 1 rings (SSSR count). The highest BCUT2D eigenvalue weighted by Crippen LogP contribution is 2.18. The number of rotatable bonds is 3. The van der Waals surface area contributed by atoms with Gasteiger partial charge in [0.25, 0.3) is 0 Å². The quantitative estimate of drug-likeness (QED) is 0.805. The van der Waals surface area contributed by atoms with Gasteiger partial charge in [-0.1, -0.05) is 0 Å². The van der Waals surface area contributed by atoms with Crippen molar-refractivity contribution >= 4 is 11.7 Å². The summed E-state index contributed by atoms with van der Waals surface area (Å²) in [7, 11) is 1.42. The molecule has 1 N–H and O–H groups in total. The van der Waals surface area contributed by atoms with Crippen LogP contribution in [0.25, 0.3) is 0 Å². The fourth-order valence-electron chi connectivity index (χ4n) is 1.08. The zero-order chi connectivity index (χ0) is 10.7. The summed E-state index contributed by atoms with van der Waals surface area (Å²) in [6, 6.07) is 3.00. The Kier molecular flexibility index (Phi) is 3.01. The molecule has 0 heterocycles. The molecule has 0 radical (unpaired) electrons. The highest BCUT2D eigenvalue weighted by molar-refractivity contribution is 5.73. The van der Waals surface area contributed by atoms with E-state index in [1.165, 1.54) is 18.0 Å². The average molecular weight is 201 g/mol. The van der Waals surface area contributed by atoms with Gasteiger partial charge in [0.2, 0.25) is 0 Å². The van der Waals surface area contributed by atoms with Crippen LogP contribution in [-0.4, -0.2) is 24.7 Å². The normalized spacial score (nSPS) is 9.93. The number of aliphatic carboxylic acids is 1. The number of carbonyl (C=O) groups is 1. The highest BCUT2D eigenvalue weighted by atomic mass is 19.1. The third-order valence-electron chi connectivity index (χ3n) is 1.69. The molecule has 1 aromatic carbocycles. The molecule has 0 aliphatic heterocycles. The minimum Gasteiger partial charge on any atom is -0.480 e. The van der Waals surface area contributed by atoms with E-state index in [0.29, 0.717) is 6.07 Å². The second kappa shape index (κ2) is 4.04. The first-order chi connectivity index (χ1) is 6.50. The largest absolute Gasteiger partial charge is 0.480 e. The lowest BCUT2D eigenvalue weighted by Crippen LogP contribution is -2.25. The Morgan fingerprint density at radius 3 is 2.64 bits per heavy atom. The summed E-state index contributed by atoms with van der Waals surface area (Å²) in [6.07, 6.45) is 0. The first-order valence-electron chi connectivity index (χ1n) is 3.88. The number of halogens is 2. The number of hydrogen-bond acceptors (Lipinski definition) is 2. The van der Waals surface area contributed by atoms with Gasteiger partial charge in [0, 0.05) is 13.1 Å². The van der Waals surface area contributed by atoms with Crippen molar-refractivity contribution in [3.8, 4) is 0 Å². The zero-order valence-electron chi connectivity index (χ0n) is 7.50. The number of hydrogen-bond donors (Lipinski definition) is 1. The van der Waals surface area contributed by atoms with E-state index in [0.717, 1.165) is 6.07 Å². The molecule has 0 aromatic heterocycles. The number of nitrogens with zero attached hydrogens (tertiary/aromatic N) is 1. The summed E-state index contributed by atoms with van der Waals surface area (Å²) in [6.45, 7) is -0.331. The van der Waals surface area contributed by atoms with E-state index < -0.39 is 17.6 Å². The molecule has 0 amide bonds. The van der Waals surface area contributed by atoms with Crippen LogP contribution in [0.5, 0.6) is 0 Å². The predicted molar refractivity (Wildman–Crippen MR) is 47.3 cm³/mol. The lowest BCUT2D eigenvalue weighted by molar-refractivity contribution is -0.135. The minimum absolute atomic E-state index is 0.0637. The maximum atomic E-state index is 13.1. The van der Waals surface area contributed by atoms with Crippen LogP contribution in [0.3, 0.4) is 0 Å². The van der Waals surface area contributed by atoms with Crippen molar-refractivity contribution in [2.75, 3.05) is 18.5 Å². The van der Waals surface area contributed by atoms with E-state index in [1.54, 1.807) is 0 Å². The zero-order valence-corrected chi connectivity index (χ0v) is 7.50. The van der Waals surface area contributed by atoms with Crippen molar-refractivity contribution in [2.45, 2.75) is 0 Å². The molecule has 3 nitrogen and oxygen atoms in total. The van der Waals surface area contributed by atoms with Gasteiger partial charge in [0.1, 0.15) is 18.2 Å². The van der Waals surface area contributed by atoms with Gasteiger partial charge in [0.05, 0.1) is 5.69 Å². The SMILES string of the molecule is CN(CC(=O)O)c1ccc(F)cc1F. The van der Waals surface area contributed by atoms with Crippen molar-refractivity contribution in [2.24, 2.45) is 0 Å². The van der Waals surface area contributed by atoms with Gasteiger partial charge < -0.3 is 10.0 Å². The average Bonchev–Trinajstić information content (AvgIpc) is 2.01. The van der Waals surface area contributed by atoms with Crippen LogP contribution in [0.4, 0.5) is 14.5 Å². The van der Waals surface area contributed by atoms with Crippen LogP contribution in [-0.2, 0) is 4.79 Å². The van der Waals surface area contributed by atoms with Gasteiger partial charge in [-0.15, -0.1) is 0 Å². The topological polar surface area (TPSA) is 40.5 Å². The molecular weight excluding hydrogens is 192 g/mol. The number of carboxylic acids is 1. The maximum Gasteiger partial charge on any atom is 0.323 e. The van der Waals surface area contributed by atoms with Crippen molar-refractivity contribution in [1.29, 1.82) is 0 Å². The number of carboxylic acid groups (broad SMARTS) is 1. The Balaban J connectivity index is 2.90. The number of benzene rings is 1. The van der Waals surface area contributed by atoms with E-state index in [2.05, 4.69) is 0 Å². The monoisotopic (exact) mass is 201 g/mol. The van der Waals surface area contributed by atoms with E-state index in [-0.39, 0.29) is 12.2 Å². The summed E-state index contributed by atoms with van der Waals surface area (Å²) < 4.78 is 25.6. The van der Waals surface area contributed by atoms with Crippen LogP contribution >= 0.6 is 0 Å². The first-order valence-corrected chi connectivity index (χ1v) is 3.88. The first kappa shape index (κ1) is 10.4. The maximum absolute atomic E-state index is 13.1. The molecule has 0 bridgehead atoms. The summed E-state index contributed by atoms with van der Waals surface area (Å²) in [5.74, 6) is -2.53. The molecule has 5 heteroatoms. The van der Waals surface area contributed by atoms with Crippen molar-refractivity contribution in [3.05, 3.63) is 29.8 Å². The van der Waals surface area contributed by atoms with Gasteiger partial charge in [-0.2, -0.15) is 0 Å². The molecule has 0 fully saturated rings. The van der Waals surface area contributed by atoms with Crippen molar-refractivity contribution < 1.29 is 18.7 Å². The molecule has 0 aliphatic carbocycles. The molecular formula is C9H9F2NO2. The third-order valence-corrected chi connectivity index (χ3v) is 1.69. The van der Waals surface area contributed by atoms with Crippen LogP contribution in [0.2, 0.25) is 0 Å². The van der Waals surface area contributed by atoms with E-state index in [1.807, 2.05) is 0 Å². The van der Waals surface area contributed by atoms with Gasteiger partial charge in [0.15, 0.2) is 0 Å². The van der Waals surface area contributed by atoms with Gasteiger partial charge in [-0.25, -0.2) is 8.78 Å². The molecule has 0 saturated carbocycles. The van der Waals surface area contributed by atoms with Gasteiger partial charge >= 0.3 is 5.97 Å². The standard InChI is InChI=1S/C9H9F2NO2/c1-12(5-9(13)14)8-3-2-6(10)4-7(8)11/h2-4H,5H2,1H3,(H,13,14). The van der Waals surface area contributed by atoms with Crippen LogP contribution < -0.4 is 4.90 Å².